The molecule has 4 heteroatoms. The molecule has 0 atom stereocenters. The first-order valence-corrected chi connectivity index (χ1v) is 3.35. The van der Waals surface area contributed by atoms with Crippen molar-refractivity contribution in [2.75, 3.05) is 6.61 Å². The number of rotatable bonds is 0. The van der Waals surface area contributed by atoms with Gasteiger partial charge < -0.3 is 4.74 Å². The van der Waals surface area contributed by atoms with Gasteiger partial charge in [-0.3, -0.25) is 0 Å². The van der Waals surface area contributed by atoms with Crippen molar-refractivity contribution in [1.29, 1.82) is 0 Å². The summed E-state index contributed by atoms with van der Waals surface area (Å²) in [5.74, 6) is 0.991. The van der Waals surface area contributed by atoms with Crippen molar-refractivity contribution in [3.8, 4) is 5.75 Å². The molecule has 0 unspecified atom stereocenters. The Morgan fingerprint density at radius 1 is 1.15 bits per heavy atom. The number of hydrogen-bond donors (Lipinski definition) is 0. The molecule has 0 fully saturated rings. The number of para-hydroxylation sites is 1. The van der Waals surface area contributed by atoms with Crippen molar-refractivity contribution in [3.05, 3.63) is 35.9 Å². The smallest absolute Gasteiger partial charge is 0.187 e. The van der Waals surface area contributed by atoms with Gasteiger partial charge in [-0.1, -0.05) is 24.3 Å². The summed E-state index contributed by atoms with van der Waals surface area (Å²) in [5.41, 5.74) is 1.17. The molecule has 75 valence electrons. The molecule has 13 heavy (non-hydrogen) atoms. The van der Waals surface area contributed by atoms with E-state index in [1.165, 1.54) is 5.56 Å². The van der Waals surface area contributed by atoms with Crippen molar-refractivity contribution in [2.45, 2.75) is 0 Å². The molecule has 1 aromatic carbocycles. The molecule has 0 saturated carbocycles. The molecule has 1 aliphatic heterocycles. The molecule has 2 rings (SSSR count). The molecule has 1 radical (unpaired) electrons. The largest absolute Gasteiger partial charge is 0.489 e. The van der Waals surface area contributed by atoms with Gasteiger partial charge in [0.1, 0.15) is 12.4 Å². The van der Waals surface area contributed by atoms with Crippen LogP contribution < -0.4 is 4.74 Å². The van der Waals surface area contributed by atoms with Crippen LogP contribution in [0.5, 0.6) is 5.75 Å². The van der Waals surface area contributed by atoms with E-state index in [2.05, 4.69) is 6.08 Å². The topological polar surface area (TPSA) is 9.23 Å². The van der Waals surface area contributed by atoms with E-state index < -0.39 is 0 Å². The Kier molecular flexibility index (Phi) is 9.36. The zero-order valence-corrected chi connectivity index (χ0v) is 8.28. The molecule has 0 amide bonds. The van der Waals surface area contributed by atoms with Gasteiger partial charge in [-0.2, -0.15) is 0 Å². The van der Waals surface area contributed by atoms with E-state index in [-0.39, 0.29) is 51.5 Å². The molecular weight excluding hydrogens is 270 g/mol. The van der Waals surface area contributed by atoms with Gasteiger partial charge in [0.25, 0.3) is 0 Å². The van der Waals surface area contributed by atoms with E-state index >= 15 is 0 Å². The van der Waals surface area contributed by atoms with Gasteiger partial charge in [0.2, 0.25) is 0 Å². The molecule has 0 spiro atoms. The Bertz CT molecular complexity index is 278. The van der Waals surface area contributed by atoms with Crippen molar-refractivity contribution >= 4 is 23.4 Å². The predicted octanol–water partition coefficient (Wildman–Crippen LogP) is 0.903. The van der Waals surface area contributed by atoms with Gasteiger partial charge >= 0.3 is 0 Å². The first-order valence-electron chi connectivity index (χ1n) is 3.35. The third-order valence-electron chi connectivity index (χ3n) is 1.55. The van der Waals surface area contributed by atoms with Gasteiger partial charge in [-0.25, -0.2) is 0 Å². The average molecular weight is 282 g/mol. The second-order valence-corrected chi connectivity index (χ2v) is 2.25. The number of ether oxygens (including phenoxy) is 1. The summed E-state index contributed by atoms with van der Waals surface area (Å²) in [6.07, 6.45) is 4.10. The van der Waals surface area contributed by atoms with Gasteiger partial charge in [0, 0.05) is 39.7 Å². The quantitative estimate of drug-likeness (QED) is 0.642. The summed E-state index contributed by atoms with van der Waals surface area (Å²) in [5, 5.41) is 0. The summed E-state index contributed by atoms with van der Waals surface area (Å²) < 4.78 is 5.34. The zero-order valence-electron chi connectivity index (χ0n) is 6.23. The fourth-order valence-corrected chi connectivity index (χ4v) is 1.06. The molecule has 1 aromatic rings. The van der Waals surface area contributed by atoms with Crippen molar-refractivity contribution < 1.29 is 38.9 Å². The molecule has 0 aliphatic carbocycles. The van der Waals surface area contributed by atoms with Crippen molar-refractivity contribution in [2.24, 2.45) is 0 Å². The standard InChI is InChI=1S/C9H8O.Al.Cu.Fe.3H/c1-2-6-9-8(4-1)5-3-7-10-9;;;;;;/h1-6H,7H2;;;;;;. The van der Waals surface area contributed by atoms with E-state index in [1.807, 2.05) is 30.3 Å². The minimum absolute atomic E-state index is 0. The van der Waals surface area contributed by atoms with E-state index in [1.54, 1.807) is 0 Å². The van der Waals surface area contributed by atoms with Crippen LogP contribution in [-0.2, 0) is 34.1 Å². The maximum absolute atomic E-state index is 5.34. The minimum Gasteiger partial charge on any atom is -0.489 e. The summed E-state index contributed by atoms with van der Waals surface area (Å²) in [6.45, 7) is 0.705. The predicted molar refractivity (Wildman–Crippen MR) is 50.9 cm³/mol. The number of hydrogen-bond acceptors (Lipinski definition) is 1. The fraction of sp³-hybridized carbons (Fsp3) is 0.111. The van der Waals surface area contributed by atoms with Gasteiger partial charge in [0.15, 0.2) is 17.4 Å². The van der Waals surface area contributed by atoms with Crippen LogP contribution in [0.25, 0.3) is 6.08 Å². The van der Waals surface area contributed by atoms with E-state index in [0.717, 1.165) is 5.75 Å². The van der Waals surface area contributed by atoms with Gasteiger partial charge in [-0.05, 0) is 12.1 Å². The third kappa shape index (κ3) is 3.92. The Morgan fingerprint density at radius 3 is 2.54 bits per heavy atom. The van der Waals surface area contributed by atoms with Gasteiger partial charge in [-0.15, -0.1) is 0 Å². The Morgan fingerprint density at radius 2 is 1.85 bits per heavy atom. The molecule has 0 N–H and O–H groups in total. The van der Waals surface area contributed by atoms with Crippen LogP contribution in [-0.4, -0.2) is 24.0 Å². The maximum atomic E-state index is 5.34. The average Bonchev–Trinajstić information content (AvgIpc) is 2.05. The van der Waals surface area contributed by atoms with Crippen LogP contribution in [0.1, 0.15) is 5.56 Å². The molecule has 0 bridgehead atoms. The first-order chi connectivity index (χ1) is 4.97. The summed E-state index contributed by atoms with van der Waals surface area (Å²) in [4.78, 5) is 0. The van der Waals surface area contributed by atoms with Crippen LogP contribution in [0.3, 0.4) is 0 Å². The van der Waals surface area contributed by atoms with Crippen LogP contribution in [0.4, 0.5) is 0 Å². The summed E-state index contributed by atoms with van der Waals surface area (Å²) in [6, 6.07) is 8.03. The van der Waals surface area contributed by atoms with E-state index in [4.69, 9.17) is 4.74 Å². The zero-order chi connectivity index (χ0) is 6.81. The minimum atomic E-state index is 0. The van der Waals surface area contributed by atoms with Crippen LogP contribution >= 0.6 is 0 Å². The van der Waals surface area contributed by atoms with Crippen molar-refractivity contribution in [1.82, 2.24) is 0 Å². The van der Waals surface area contributed by atoms with Crippen LogP contribution in [0.15, 0.2) is 30.3 Å². The Balaban J connectivity index is 0. The fourth-order valence-electron chi connectivity index (χ4n) is 1.06. The second-order valence-electron chi connectivity index (χ2n) is 2.25. The van der Waals surface area contributed by atoms with E-state index in [9.17, 15) is 0 Å². The molecule has 1 heterocycles. The summed E-state index contributed by atoms with van der Waals surface area (Å²) in [7, 11) is 0. The number of benzene rings is 1. The number of fused-ring (bicyclic) bond motifs is 1. The van der Waals surface area contributed by atoms with Crippen LogP contribution in [0, 0.1) is 0 Å². The Labute approximate surface area is 110 Å². The monoisotopic (exact) mass is 281 g/mol. The molecule has 1 aliphatic rings. The SMILES string of the molecule is C1=Cc2ccccc2OC1.[AlH3].[Cu].[Fe]. The van der Waals surface area contributed by atoms with Crippen LogP contribution in [0.2, 0.25) is 0 Å². The third-order valence-corrected chi connectivity index (χ3v) is 1.55. The summed E-state index contributed by atoms with van der Waals surface area (Å²) >= 11 is 0. The molecule has 0 aromatic heterocycles. The Hall–Kier alpha value is 0.331. The first kappa shape index (κ1) is 15.8. The normalized spacial score (nSPS) is 10.8. The maximum Gasteiger partial charge on any atom is 0.187 e. The molecule has 0 saturated heterocycles. The van der Waals surface area contributed by atoms with Crippen molar-refractivity contribution in [3.63, 3.8) is 0 Å². The van der Waals surface area contributed by atoms with E-state index in [0.29, 0.717) is 6.61 Å². The molecule has 1 nitrogen and oxygen atoms in total. The molecular formula is C9H11AlCuFeO. The van der Waals surface area contributed by atoms with Gasteiger partial charge in [0.05, 0.1) is 0 Å². The second kappa shape index (κ2) is 7.71.